The van der Waals surface area contributed by atoms with Gasteiger partial charge in [0.2, 0.25) is 11.6 Å². The third-order valence-corrected chi connectivity index (χ3v) is 4.75. The van der Waals surface area contributed by atoms with Gasteiger partial charge in [0.25, 0.3) is 0 Å². The molecule has 0 saturated carbocycles. The Balaban J connectivity index is 1.82. The van der Waals surface area contributed by atoms with Crippen molar-refractivity contribution in [3.63, 3.8) is 0 Å². The Labute approximate surface area is 172 Å². The van der Waals surface area contributed by atoms with Gasteiger partial charge in [-0.15, -0.1) is 0 Å². The average Bonchev–Trinajstić information content (AvgIpc) is 2.73. The summed E-state index contributed by atoms with van der Waals surface area (Å²) >= 11 is 0. The molecule has 1 aromatic heterocycles. The van der Waals surface area contributed by atoms with Gasteiger partial charge in [0, 0.05) is 38.7 Å². The smallest absolute Gasteiger partial charge is 0.435 e. The van der Waals surface area contributed by atoms with E-state index >= 15 is 0 Å². The first-order chi connectivity index (χ1) is 14.4. The summed E-state index contributed by atoms with van der Waals surface area (Å²) in [5.41, 5.74) is 0.151. The molecule has 1 aliphatic rings. The molecule has 2 aromatic rings. The third-order valence-electron chi connectivity index (χ3n) is 4.75. The highest BCUT2D eigenvalue weighted by molar-refractivity contribution is 5.75. The summed E-state index contributed by atoms with van der Waals surface area (Å²) in [6.45, 7) is 2.74. The second-order valence-electron chi connectivity index (χ2n) is 6.65. The minimum Gasteiger partial charge on any atom is -0.435 e. The zero-order chi connectivity index (χ0) is 21.7. The summed E-state index contributed by atoms with van der Waals surface area (Å²) in [6.07, 6.45) is 1.16. The van der Waals surface area contributed by atoms with Crippen LogP contribution in [0.2, 0.25) is 0 Å². The number of nitro groups is 1. The molecule has 10 nitrogen and oxygen atoms in total. The largest absolute Gasteiger partial charge is 0.508 e. The molecule has 160 valence electrons. The van der Waals surface area contributed by atoms with Gasteiger partial charge in [-0.05, 0) is 25.1 Å². The second-order valence-corrected chi connectivity index (χ2v) is 6.65. The lowest BCUT2D eigenvalue weighted by Gasteiger charge is -2.32. The van der Waals surface area contributed by atoms with Crippen LogP contribution in [0.4, 0.5) is 32.2 Å². The highest BCUT2D eigenvalue weighted by Crippen LogP contribution is 2.37. The number of hydrogen-bond acceptors (Lipinski definition) is 9. The van der Waals surface area contributed by atoms with Crippen LogP contribution in [0.5, 0.6) is 0 Å². The zero-order valence-electron chi connectivity index (χ0n) is 16.7. The van der Waals surface area contributed by atoms with E-state index in [1.54, 1.807) is 24.9 Å². The van der Waals surface area contributed by atoms with Crippen LogP contribution in [0.1, 0.15) is 19.8 Å². The summed E-state index contributed by atoms with van der Waals surface area (Å²) in [6, 6.07) is 5.71. The second kappa shape index (κ2) is 9.33. The van der Waals surface area contributed by atoms with Gasteiger partial charge in [-0.3, -0.25) is 10.1 Å². The molecule has 1 saturated heterocycles. The van der Waals surface area contributed by atoms with Crippen molar-refractivity contribution in [2.45, 2.75) is 25.9 Å². The molecule has 0 bridgehead atoms. The van der Waals surface area contributed by atoms with E-state index in [0.717, 1.165) is 0 Å². The number of aromatic nitrogens is 2. The van der Waals surface area contributed by atoms with Crippen molar-refractivity contribution in [3.05, 3.63) is 46.5 Å². The molecular formula is C19H22FN5O5. The quantitative estimate of drug-likeness (QED) is 0.395. The van der Waals surface area contributed by atoms with Gasteiger partial charge in [0.15, 0.2) is 0 Å². The first kappa shape index (κ1) is 21.2. The SMILES string of the molecule is CCOC(=O)OC1CCN(c2ncnc(N(C)c3cccc(F)c3)c2[N+](=O)[O-])CC1. The maximum atomic E-state index is 13.6. The first-order valence-corrected chi connectivity index (χ1v) is 9.47. The molecule has 0 radical (unpaired) electrons. The predicted octanol–water partition coefficient (Wildman–Crippen LogP) is 3.43. The minimum absolute atomic E-state index is 0.0560. The number of anilines is 3. The average molecular weight is 419 g/mol. The highest BCUT2D eigenvalue weighted by Gasteiger charge is 2.32. The van der Waals surface area contributed by atoms with E-state index in [-0.39, 0.29) is 30.0 Å². The van der Waals surface area contributed by atoms with Gasteiger partial charge in [-0.25, -0.2) is 19.2 Å². The number of carbonyl (C=O) groups excluding carboxylic acids is 1. The lowest BCUT2D eigenvalue weighted by atomic mass is 10.1. The number of rotatable bonds is 6. The van der Waals surface area contributed by atoms with Crippen LogP contribution >= 0.6 is 0 Å². The highest BCUT2D eigenvalue weighted by atomic mass is 19.1. The van der Waals surface area contributed by atoms with Gasteiger partial charge >= 0.3 is 11.8 Å². The standard InChI is InChI=1S/C19H22FN5O5/c1-3-29-19(26)30-15-7-9-24(10-8-15)18-16(25(27)28)17(21-12-22-18)23(2)14-6-4-5-13(20)11-14/h4-6,11-12,15H,3,7-10H2,1-2H3. The van der Waals surface area contributed by atoms with Gasteiger partial charge in [-0.2, -0.15) is 0 Å². The Morgan fingerprint density at radius 3 is 2.73 bits per heavy atom. The van der Waals surface area contributed by atoms with E-state index in [1.807, 2.05) is 0 Å². The Morgan fingerprint density at radius 1 is 1.37 bits per heavy atom. The zero-order valence-corrected chi connectivity index (χ0v) is 16.7. The number of nitrogens with zero attached hydrogens (tertiary/aromatic N) is 5. The topological polar surface area (TPSA) is 111 Å². The summed E-state index contributed by atoms with van der Waals surface area (Å²) in [5, 5.41) is 11.9. The Morgan fingerprint density at radius 2 is 2.10 bits per heavy atom. The minimum atomic E-state index is -0.719. The molecule has 0 spiro atoms. The van der Waals surface area contributed by atoms with Crippen molar-refractivity contribution >= 4 is 29.2 Å². The van der Waals surface area contributed by atoms with Crippen LogP contribution in [0.15, 0.2) is 30.6 Å². The van der Waals surface area contributed by atoms with E-state index in [0.29, 0.717) is 31.6 Å². The van der Waals surface area contributed by atoms with Crippen LogP contribution in [0, 0.1) is 15.9 Å². The van der Waals surface area contributed by atoms with Crippen molar-refractivity contribution in [2.24, 2.45) is 0 Å². The molecule has 0 atom stereocenters. The fraction of sp³-hybridized carbons (Fsp3) is 0.421. The molecule has 0 unspecified atom stereocenters. The van der Waals surface area contributed by atoms with Crippen LogP contribution in [0.25, 0.3) is 0 Å². The summed E-state index contributed by atoms with van der Waals surface area (Å²) in [5.74, 6) is -0.233. The van der Waals surface area contributed by atoms with E-state index in [1.165, 1.54) is 29.4 Å². The van der Waals surface area contributed by atoms with Crippen molar-refractivity contribution < 1.29 is 23.6 Å². The monoisotopic (exact) mass is 419 g/mol. The molecule has 0 aliphatic carbocycles. The van der Waals surface area contributed by atoms with Crippen LogP contribution in [0.3, 0.4) is 0 Å². The fourth-order valence-electron chi connectivity index (χ4n) is 3.28. The molecule has 1 fully saturated rings. The van der Waals surface area contributed by atoms with E-state index < -0.39 is 16.9 Å². The predicted molar refractivity (Wildman–Crippen MR) is 106 cm³/mol. The van der Waals surface area contributed by atoms with E-state index in [4.69, 9.17) is 9.47 Å². The third kappa shape index (κ3) is 4.73. The Hall–Kier alpha value is -3.50. The molecule has 0 N–H and O–H groups in total. The molecule has 1 aliphatic heterocycles. The normalized spacial score (nSPS) is 14.3. The summed E-state index contributed by atoms with van der Waals surface area (Å²) < 4.78 is 23.6. The maximum Gasteiger partial charge on any atom is 0.508 e. The molecular weight excluding hydrogens is 397 g/mol. The Kier molecular flexibility index (Phi) is 6.60. The number of ether oxygens (including phenoxy) is 2. The van der Waals surface area contributed by atoms with Gasteiger partial charge in [-0.1, -0.05) is 6.07 Å². The van der Waals surface area contributed by atoms with E-state index in [2.05, 4.69) is 9.97 Å². The molecule has 3 rings (SSSR count). The van der Waals surface area contributed by atoms with Crippen molar-refractivity contribution in [1.82, 2.24) is 9.97 Å². The maximum absolute atomic E-state index is 13.6. The van der Waals surface area contributed by atoms with Crippen molar-refractivity contribution in [1.29, 1.82) is 0 Å². The van der Waals surface area contributed by atoms with Crippen molar-refractivity contribution in [3.8, 4) is 0 Å². The lowest BCUT2D eigenvalue weighted by Crippen LogP contribution is -2.39. The lowest BCUT2D eigenvalue weighted by molar-refractivity contribution is -0.383. The van der Waals surface area contributed by atoms with Crippen molar-refractivity contribution in [2.75, 3.05) is 36.5 Å². The summed E-state index contributed by atoms with van der Waals surface area (Å²) in [7, 11) is 1.58. The number of carbonyl (C=O) groups is 1. The fourth-order valence-corrected chi connectivity index (χ4v) is 3.28. The number of piperidine rings is 1. The molecule has 30 heavy (non-hydrogen) atoms. The molecule has 2 heterocycles. The molecule has 0 amide bonds. The first-order valence-electron chi connectivity index (χ1n) is 9.47. The molecule has 11 heteroatoms. The number of hydrogen-bond donors (Lipinski definition) is 0. The van der Waals surface area contributed by atoms with Crippen LogP contribution in [-0.2, 0) is 9.47 Å². The number of halogens is 1. The van der Waals surface area contributed by atoms with Gasteiger partial charge < -0.3 is 19.3 Å². The van der Waals surface area contributed by atoms with Crippen LogP contribution in [-0.4, -0.2) is 53.9 Å². The molecule has 1 aromatic carbocycles. The Bertz CT molecular complexity index is 920. The van der Waals surface area contributed by atoms with Crippen LogP contribution < -0.4 is 9.80 Å². The summed E-state index contributed by atoms with van der Waals surface area (Å²) in [4.78, 5) is 34.2. The van der Waals surface area contributed by atoms with Gasteiger partial charge in [0.05, 0.1) is 11.5 Å². The van der Waals surface area contributed by atoms with E-state index in [9.17, 15) is 19.3 Å². The number of benzene rings is 1. The van der Waals surface area contributed by atoms with Gasteiger partial charge in [0.1, 0.15) is 18.2 Å².